The zero-order chi connectivity index (χ0) is 22.9. The van der Waals surface area contributed by atoms with Crippen LogP contribution in [-0.2, 0) is 20.9 Å². The van der Waals surface area contributed by atoms with Gasteiger partial charge in [-0.3, -0.25) is 29.4 Å². The monoisotopic (exact) mass is 448 g/mol. The normalized spacial score (nSPS) is 22.8. The Bertz CT molecular complexity index is 1120. The summed E-state index contributed by atoms with van der Waals surface area (Å²) in [7, 11) is 0. The molecule has 2 saturated heterocycles. The van der Waals surface area contributed by atoms with Gasteiger partial charge < -0.3 is 15.4 Å². The van der Waals surface area contributed by atoms with Gasteiger partial charge >= 0.3 is 0 Å². The van der Waals surface area contributed by atoms with Crippen molar-refractivity contribution in [3.8, 4) is 0 Å². The molecule has 3 aliphatic heterocycles. The molecule has 170 valence electrons. The number of fused-ring (bicyclic) bond motifs is 1. The van der Waals surface area contributed by atoms with Crippen LogP contribution in [-0.4, -0.2) is 54.3 Å². The number of carbonyl (C=O) groups excluding carboxylic acids is 4. The van der Waals surface area contributed by atoms with Gasteiger partial charge in [0.25, 0.3) is 11.8 Å². The van der Waals surface area contributed by atoms with Crippen LogP contribution in [0.1, 0.15) is 50.8 Å². The Hall–Kier alpha value is -3.56. The minimum atomic E-state index is -0.972. The Morgan fingerprint density at radius 3 is 2.58 bits per heavy atom. The van der Waals surface area contributed by atoms with E-state index in [9.17, 15) is 19.2 Å². The highest BCUT2D eigenvalue weighted by atomic mass is 16.5. The number of piperidine rings is 1. The molecule has 2 unspecified atom stereocenters. The topological polar surface area (TPSA) is 117 Å². The van der Waals surface area contributed by atoms with Crippen molar-refractivity contribution in [1.82, 2.24) is 15.5 Å². The minimum Gasteiger partial charge on any atom is -0.381 e. The van der Waals surface area contributed by atoms with Gasteiger partial charge in [0.05, 0.1) is 23.8 Å². The standard InChI is InChI=1S/C24H24N4O5/c29-20-9-8-18(22(30)27-20)28-23(31)17-3-1-2-15(21(17)24(28)32)12-26-16-6-4-14(5-7-16)19-13-25-10-11-33-19/h1-7,18-19,25-26H,8-13H2,(H,27,29,30). The Morgan fingerprint density at radius 1 is 1.03 bits per heavy atom. The highest BCUT2D eigenvalue weighted by Gasteiger charge is 2.45. The predicted octanol–water partition coefficient (Wildman–Crippen LogP) is 1.36. The van der Waals surface area contributed by atoms with Crippen LogP contribution in [0.2, 0.25) is 0 Å². The average molecular weight is 448 g/mol. The third-order valence-corrected chi connectivity index (χ3v) is 6.25. The first-order valence-electron chi connectivity index (χ1n) is 11.0. The van der Waals surface area contributed by atoms with Crippen molar-refractivity contribution in [2.75, 3.05) is 25.0 Å². The van der Waals surface area contributed by atoms with Crippen molar-refractivity contribution in [3.05, 3.63) is 64.7 Å². The molecule has 0 spiro atoms. The van der Waals surface area contributed by atoms with Crippen LogP contribution in [0.3, 0.4) is 0 Å². The fourth-order valence-electron chi connectivity index (χ4n) is 4.52. The van der Waals surface area contributed by atoms with Crippen molar-refractivity contribution < 1.29 is 23.9 Å². The molecule has 9 heteroatoms. The number of ether oxygens (including phenoxy) is 1. The smallest absolute Gasteiger partial charge is 0.262 e. The van der Waals surface area contributed by atoms with Crippen molar-refractivity contribution in [2.24, 2.45) is 0 Å². The molecule has 2 atom stereocenters. The lowest BCUT2D eigenvalue weighted by molar-refractivity contribution is -0.136. The molecule has 4 amide bonds. The molecule has 9 nitrogen and oxygen atoms in total. The number of imide groups is 2. The van der Waals surface area contributed by atoms with Crippen LogP contribution < -0.4 is 16.0 Å². The molecule has 33 heavy (non-hydrogen) atoms. The minimum absolute atomic E-state index is 0.0343. The first-order chi connectivity index (χ1) is 16.0. The molecule has 0 radical (unpaired) electrons. The molecular formula is C24H24N4O5. The van der Waals surface area contributed by atoms with Crippen LogP contribution >= 0.6 is 0 Å². The lowest BCUT2D eigenvalue weighted by atomic mass is 10.0. The van der Waals surface area contributed by atoms with Crippen LogP contribution in [0.25, 0.3) is 0 Å². The van der Waals surface area contributed by atoms with E-state index in [4.69, 9.17) is 4.74 Å². The maximum Gasteiger partial charge on any atom is 0.262 e. The number of carbonyl (C=O) groups is 4. The maximum atomic E-state index is 13.2. The van der Waals surface area contributed by atoms with Gasteiger partial charge in [0, 0.05) is 31.7 Å². The number of benzene rings is 2. The van der Waals surface area contributed by atoms with E-state index in [1.54, 1.807) is 18.2 Å². The van der Waals surface area contributed by atoms with E-state index >= 15 is 0 Å². The molecule has 5 rings (SSSR count). The van der Waals surface area contributed by atoms with Gasteiger partial charge in [-0.05, 0) is 35.7 Å². The van der Waals surface area contributed by atoms with Gasteiger partial charge in [0.1, 0.15) is 6.04 Å². The molecule has 0 saturated carbocycles. The molecule has 2 aromatic rings. The zero-order valence-electron chi connectivity index (χ0n) is 17.9. The summed E-state index contributed by atoms with van der Waals surface area (Å²) in [5, 5.41) is 8.83. The van der Waals surface area contributed by atoms with E-state index in [2.05, 4.69) is 16.0 Å². The lowest BCUT2D eigenvalue weighted by Gasteiger charge is -2.27. The largest absolute Gasteiger partial charge is 0.381 e. The highest BCUT2D eigenvalue weighted by molar-refractivity contribution is 6.24. The first kappa shape index (κ1) is 21.3. The summed E-state index contributed by atoms with van der Waals surface area (Å²) in [5.41, 5.74) is 3.22. The SMILES string of the molecule is O=C1CCC(N2C(=O)c3cccc(CNc4ccc(C5CNCCO5)cc4)c3C2=O)C(=O)N1. The second-order valence-electron chi connectivity index (χ2n) is 8.33. The molecule has 0 aromatic heterocycles. The zero-order valence-corrected chi connectivity index (χ0v) is 17.9. The van der Waals surface area contributed by atoms with Crippen molar-refractivity contribution in [3.63, 3.8) is 0 Å². The number of amides is 4. The number of anilines is 1. The van der Waals surface area contributed by atoms with Gasteiger partial charge in [0.2, 0.25) is 11.8 Å². The summed E-state index contributed by atoms with van der Waals surface area (Å²) in [6, 6.07) is 12.1. The number of nitrogens with zero attached hydrogens (tertiary/aromatic N) is 1. The summed E-state index contributed by atoms with van der Waals surface area (Å²) in [6.45, 7) is 2.67. The van der Waals surface area contributed by atoms with E-state index in [1.165, 1.54) is 0 Å². The highest BCUT2D eigenvalue weighted by Crippen LogP contribution is 2.30. The van der Waals surface area contributed by atoms with Crippen molar-refractivity contribution in [2.45, 2.75) is 31.5 Å². The first-order valence-corrected chi connectivity index (χ1v) is 11.0. The summed E-state index contributed by atoms with van der Waals surface area (Å²) < 4.78 is 5.77. The summed E-state index contributed by atoms with van der Waals surface area (Å²) in [4.78, 5) is 50.8. The Kier molecular flexibility index (Phi) is 5.65. The maximum absolute atomic E-state index is 13.2. The molecule has 3 aliphatic rings. The van der Waals surface area contributed by atoms with Crippen LogP contribution in [0, 0.1) is 0 Å². The number of morpholine rings is 1. The molecule has 3 N–H and O–H groups in total. The predicted molar refractivity (Wildman–Crippen MR) is 118 cm³/mol. The molecule has 2 fully saturated rings. The molecular weight excluding hydrogens is 424 g/mol. The Morgan fingerprint density at radius 2 is 1.85 bits per heavy atom. The lowest BCUT2D eigenvalue weighted by Crippen LogP contribution is -2.54. The summed E-state index contributed by atoms with van der Waals surface area (Å²) >= 11 is 0. The van der Waals surface area contributed by atoms with E-state index in [0.29, 0.717) is 24.3 Å². The van der Waals surface area contributed by atoms with Crippen LogP contribution in [0.5, 0.6) is 0 Å². The van der Waals surface area contributed by atoms with E-state index < -0.39 is 29.7 Å². The number of rotatable bonds is 5. The average Bonchev–Trinajstić information content (AvgIpc) is 3.09. The Labute approximate surface area is 190 Å². The van der Waals surface area contributed by atoms with Gasteiger partial charge in [-0.15, -0.1) is 0 Å². The number of hydrogen-bond donors (Lipinski definition) is 3. The third kappa shape index (κ3) is 4.01. The second-order valence-corrected chi connectivity index (χ2v) is 8.33. The molecule has 3 heterocycles. The molecule has 0 aliphatic carbocycles. The van der Waals surface area contributed by atoms with E-state index in [1.807, 2.05) is 24.3 Å². The second kappa shape index (κ2) is 8.76. The number of nitrogens with one attached hydrogen (secondary N) is 3. The fraction of sp³-hybridized carbons (Fsp3) is 0.333. The molecule has 0 bridgehead atoms. The van der Waals surface area contributed by atoms with Crippen LogP contribution in [0.4, 0.5) is 5.69 Å². The Balaban J connectivity index is 1.31. The van der Waals surface area contributed by atoms with Gasteiger partial charge in [-0.25, -0.2) is 0 Å². The number of hydrogen-bond acceptors (Lipinski definition) is 7. The van der Waals surface area contributed by atoms with Gasteiger partial charge in [-0.2, -0.15) is 0 Å². The van der Waals surface area contributed by atoms with E-state index in [0.717, 1.165) is 29.2 Å². The quantitative estimate of drug-likeness (QED) is 0.592. The summed E-state index contributed by atoms with van der Waals surface area (Å²) in [5.74, 6) is -2.01. The molecule has 2 aromatic carbocycles. The van der Waals surface area contributed by atoms with E-state index in [-0.39, 0.29) is 24.5 Å². The van der Waals surface area contributed by atoms with Gasteiger partial charge in [0.15, 0.2) is 0 Å². The fourth-order valence-corrected chi connectivity index (χ4v) is 4.52. The van der Waals surface area contributed by atoms with Gasteiger partial charge in [-0.1, -0.05) is 24.3 Å². The van der Waals surface area contributed by atoms with Crippen molar-refractivity contribution >= 4 is 29.3 Å². The van der Waals surface area contributed by atoms with Crippen LogP contribution in [0.15, 0.2) is 42.5 Å². The third-order valence-electron chi connectivity index (χ3n) is 6.25. The van der Waals surface area contributed by atoms with Crippen molar-refractivity contribution in [1.29, 1.82) is 0 Å². The summed E-state index contributed by atoms with van der Waals surface area (Å²) in [6.07, 6.45) is 0.263.